The summed E-state index contributed by atoms with van der Waals surface area (Å²) >= 11 is 6.02. The lowest BCUT2D eigenvalue weighted by atomic mass is 9.86. The minimum Gasteiger partial charge on any atom is -0.492 e. The summed E-state index contributed by atoms with van der Waals surface area (Å²) in [6.45, 7) is 0.884. The van der Waals surface area contributed by atoms with E-state index in [1.807, 2.05) is 0 Å². The first-order chi connectivity index (χ1) is 11.6. The molecule has 1 aromatic carbocycles. The normalized spacial score (nSPS) is 20.6. The molecule has 1 aliphatic rings. The Kier molecular flexibility index (Phi) is 5.51. The Morgan fingerprint density at radius 3 is 2.60 bits per heavy atom. The zero-order valence-electron chi connectivity index (χ0n) is 13.4. The molecule has 0 saturated carbocycles. The number of carbonyl (C=O) groups excluding carboxylic acids is 1. The van der Waals surface area contributed by atoms with E-state index in [2.05, 4.69) is 0 Å². The van der Waals surface area contributed by atoms with Gasteiger partial charge in [0, 0.05) is 18.7 Å². The molecule has 1 unspecified atom stereocenters. The minimum absolute atomic E-state index is 0.219. The molecule has 1 atom stereocenters. The zero-order valence-corrected chi connectivity index (χ0v) is 14.2. The summed E-state index contributed by atoms with van der Waals surface area (Å²) in [6, 6.07) is 4.78. The number of carboxylic acid groups (broad SMARTS) is 1. The molecule has 1 aromatic rings. The van der Waals surface area contributed by atoms with Crippen molar-refractivity contribution in [3.8, 4) is 5.75 Å². The number of nitrogens with zero attached hydrogens (tertiary/aromatic N) is 1. The first-order valence-electron chi connectivity index (χ1n) is 7.60. The number of hydrogen-bond acceptors (Lipinski definition) is 3. The third kappa shape index (κ3) is 3.68. The molecule has 25 heavy (non-hydrogen) atoms. The number of alkyl halides is 3. The standard InChI is InChI=1S/C16H17ClF3NO4/c1-2-25-13-10(4-3-5-11(13)17)8-12(22)21-7-6-15(9-21,14(23)24)16(18,19)20/h3-5H,2,6-9H2,1H3,(H,23,24). The zero-order chi connectivity index (χ0) is 18.8. The van der Waals surface area contributed by atoms with Crippen LogP contribution >= 0.6 is 11.6 Å². The molecule has 9 heteroatoms. The van der Waals surface area contributed by atoms with Crippen molar-refractivity contribution >= 4 is 23.5 Å². The van der Waals surface area contributed by atoms with E-state index in [0.717, 1.165) is 4.90 Å². The molecule has 1 amide bonds. The van der Waals surface area contributed by atoms with Gasteiger partial charge >= 0.3 is 12.1 Å². The van der Waals surface area contributed by atoms with Crippen LogP contribution in [0.25, 0.3) is 0 Å². The Morgan fingerprint density at radius 2 is 2.08 bits per heavy atom. The number of hydrogen-bond donors (Lipinski definition) is 1. The quantitative estimate of drug-likeness (QED) is 0.853. The van der Waals surface area contributed by atoms with Crippen LogP contribution in [0.2, 0.25) is 5.02 Å². The predicted molar refractivity (Wildman–Crippen MR) is 83.6 cm³/mol. The van der Waals surface area contributed by atoms with Gasteiger partial charge in [0.1, 0.15) is 5.75 Å². The highest BCUT2D eigenvalue weighted by atomic mass is 35.5. The van der Waals surface area contributed by atoms with Crippen molar-refractivity contribution in [2.24, 2.45) is 5.41 Å². The minimum atomic E-state index is -4.93. The summed E-state index contributed by atoms with van der Waals surface area (Å²) in [4.78, 5) is 24.5. The number of aliphatic carboxylic acids is 1. The molecule has 1 heterocycles. The summed E-state index contributed by atoms with van der Waals surface area (Å²) in [5.74, 6) is -2.26. The van der Waals surface area contributed by atoms with E-state index in [1.54, 1.807) is 25.1 Å². The Labute approximate surface area is 147 Å². The smallest absolute Gasteiger partial charge is 0.406 e. The summed E-state index contributed by atoms with van der Waals surface area (Å²) < 4.78 is 45.0. The highest BCUT2D eigenvalue weighted by molar-refractivity contribution is 6.32. The Morgan fingerprint density at radius 1 is 1.40 bits per heavy atom. The van der Waals surface area contributed by atoms with E-state index in [0.29, 0.717) is 22.9 Å². The van der Waals surface area contributed by atoms with E-state index >= 15 is 0 Å². The summed E-state index contributed by atoms with van der Waals surface area (Å²) in [6.07, 6.45) is -5.81. The van der Waals surface area contributed by atoms with E-state index in [1.165, 1.54) is 0 Å². The van der Waals surface area contributed by atoms with Crippen molar-refractivity contribution in [3.63, 3.8) is 0 Å². The summed E-state index contributed by atoms with van der Waals surface area (Å²) in [7, 11) is 0. The number of benzene rings is 1. The van der Waals surface area contributed by atoms with Crippen LogP contribution in [0.3, 0.4) is 0 Å². The largest absolute Gasteiger partial charge is 0.492 e. The fourth-order valence-electron chi connectivity index (χ4n) is 2.82. The van der Waals surface area contributed by atoms with E-state index in [9.17, 15) is 22.8 Å². The van der Waals surface area contributed by atoms with Gasteiger partial charge < -0.3 is 14.7 Å². The molecular formula is C16H17ClF3NO4. The van der Waals surface area contributed by atoms with Crippen molar-refractivity contribution in [2.45, 2.75) is 25.9 Å². The third-order valence-corrected chi connectivity index (χ3v) is 4.55. The Balaban J connectivity index is 2.19. The number of para-hydroxylation sites is 1. The highest BCUT2D eigenvalue weighted by Crippen LogP contribution is 2.46. The average Bonchev–Trinajstić information content (AvgIpc) is 2.97. The number of carbonyl (C=O) groups is 2. The Bertz CT molecular complexity index is 680. The highest BCUT2D eigenvalue weighted by Gasteiger charge is 2.64. The number of ether oxygens (including phenoxy) is 1. The molecule has 0 aromatic heterocycles. The van der Waals surface area contributed by atoms with E-state index in [-0.39, 0.29) is 13.0 Å². The van der Waals surface area contributed by atoms with Crippen LogP contribution in [0.1, 0.15) is 18.9 Å². The average molecular weight is 380 g/mol. The lowest BCUT2D eigenvalue weighted by Gasteiger charge is -2.27. The van der Waals surface area contributed by atoms with Gasteiger partial charge in [-0.1, -0.05) is 23.7 Å². The van der Waals surface area contributed by atoms with Gasteiger partial charge in [0.2, 0.25) is 5.91 Å². The second-order valence-corrected chi connectivity index (χ2v) is 6.20. The topological polar surface area (TPSA) is 66.8 Å². The molecule has 1 N–H and O–H groups in total. The molecule has 1 fully saturated rings. The molecule has 138 valence electrons. The fourth-order valence-corrected chi connectivity index (χ4v) is 3.07. The molecular weight excluding hydrogens is 363 g/mol. The molecule has 1 saturated heterocycles. The van der Waals surface area contributed by atoms with Crippen LogP contribution in [0, 0.1) is 5.41 Å². The van der Waals surface area contributed by atoms with Crippen LogP contribution in [-0.4, -0.2) is 47.8 Å². The van der Waals surface area contributed by atoms with Gasteiger partial charge in [-0.15, -0.1) is 0 Å². The van der Waals surface area contributed by atoms with E-state index < -0.39 is 36.4 Å². The van der Waals surface area contributed by atoms with Gasteiger partial charge in [0.25, 0.3) is 0 Å². The number of likely N-dealkylation sites (tertiary alicyclic amines) is 1. The van der Waals surface area contributed by atoms with Gasteiger partial charge in [-0.3, -0.25) is 9.59 Å². The van der Waals surface area contributed by atoms with Crippen molar-refractivity contribution in [1.82, 2.24) is 4.90 Å². The van der Waals surface area contributed by atoms with Crippen LogP contribution in [0.5, 0.6) is 5.75 Å². The molecule has 2 rings (SSSR count). The monoisotopic (exact) mass is 379 g/mol. The number of rotatable bonds is 5. The number of halogens is 4. The summed E-state index contributed by atoms with van der Waals surface area (Å²) in [5, 5.41) is 9.34. The molecule has 5 nitrogen and oxygen atoms in total. The Hall–Kier alpha value is -1.96. The van der Waals surface area contributed by atoms with Gasteiger partial charge in [0.15, 0.2) is 5.41 Å². The maximum atomic E-state index is 13.2. The first kappa shape index (κ1) is 19.4. The van der Waals surface area contributed by atoms with Gasteiger partial charge in [-0.25, -0.2) is 0 Å². The van der Waals surface area contributed by atoms with Crippen molar-refractivity contribution in [2.75, 3.05) is 19.7 Å². The SMILES string of the molecule is CCOc1c(Cl)cccc1CC(=O)N1CCC(C(=O)O)(C(F)(F)F)C1. The van der Waals surface area contributed by atoms with Crippen molar-refractivity contribution < 1.29 is 32.6 Å². The number of amides is 1. The van der Waals surface area contributed by atoms with Crippen LogP contribution in [-0.2, 0) is 16.0 Å². The maximum absolute atomic E-state index is 13.2. The molecule has 1 aliphatic heterocycles. The summed E-state index contributed by atoms with van der Waals surface area (Å²) in [5.41, 5.74) is -2.47. The van der Waals surface area contributed by atoms with Crippen molar-refractivity contribution in [1.29, 1.82) is 0 Å². The number of carboxylic acids is 1. The van der Waals surface area contributed by atoms with Crippen molar-refractivity contribution in [3.05, 3.63) is 28.8 Å². The predicted octanol–water partition coefficient (Wildman–Crippen LogP) is 3.15. The first-order valence-corrected chi connectivity index (χ1v) is 7.98. The second-order valence-electron chi connectivity index (χ2n) is 5.79. The van der Waals surface area contributed by atoms with Gasteiger partial charge in [-0.2, -0.15) is 13.2 Å². The molecule has 0 radical (unpaired) electrons. The van der Waals surface area contributed by atoms with Gasteiger partial charge in [-0.05, 0) is 19.4 Å². The molecule has 0 aliphatic carbocycles. The fraction of sp³-hybridized carbons (Fsp3) is 0.500. The van der Waals surface area contributed by atoms with Gasteiger partial charge in [0.05, 0.1) is 18.1 Å². The van der Waals surface area contributed by atoms with Crippen LogP contribution in [0.4, 0.5) is 13.2 Å². The second kappa shape index (κ2) is 7.11. The maximum Gasteiger partial charge on any atom is 0.406 e. The molecule has 0 bridgehead atoms. The molecule has 0 spiro atoms. The van der Waals surface area contributed by atoms with Crippen LogP contribution < -0.4 is 4.74 Å². The lowest BCUT2D eigenvalue weighted by Crippen LogP contribution is -2.47. The third-order valence-electron chi connectivity index (χ3n) is 4.25. The van der Waals surface area contributed by atoms with Crippen LogP contribution in [0.15, 0.2) is 18.2 Å². The van der Waals surface area contributed by atoms with E-state index in [4.69, 9.17) is 21.4 Å². The lowest BCUT2D eigenvalue weighted by molar-refractivity contribution is -0.227.